The Morgan fingerprint density at radius 1 is 1.69 bits per heavy atom. The van der Waals surface area contributed by atoms with Crippen LogP contribution in [0.4, 0.5) is 0 Å². The molecular formula is C9H10ClNOS. The summed E-state index contributed by atoms with van der Waals surface area (Å²) in [7, 11) is 0. The standard InChI is InChI=1S/C9H10ClNOS/c10-7-2-4-13-9(7)8(12)6-1-3-11-5-6/h2,4,6,11H,1,3,5H2. The van der Waals surface area contributed by atoms with E-state index in [0.717, 1.165) is 24.4 Å². The van der Waals surface area contributed by atoms with Gasteiger partial charge in [-0.1, -0.05) is 11.6 Å². The lowest BCUT2D eigenvalue weighted by molar-refractivity contribution is 0.0934. The highest BCUT2D eigenvalue weighted by molar-refractivity contribution is 7.12. The number of carbonyl (C=O) groups excluding carboxylic acids is 1. The summed E-state index contributed by atoms with van der Waals surface area (Å²) in [6.45, 7) is 1.74. The molecule has 1 saturated heterocycles. The smallest absolute Gasteiger partial charge is 0.178 e. The van der Waals surface area contributed by atoms with Gasteiger partial charge in [-0.15, -0.1) is 11.3 Å². The van der Waals surface area contributed by atoms with Crippen LogP contribution in [0.5, 0.6) is 0 Å². The third-order valence-electron chi connectivity index (χ3n) is 2.27. The minimum Gasteiger partial charge on any atom is -0.316 e. The van der Waals surface area contributed by atoms with E-state index >= 15 is 0 Å². The SMILES string of the molecule is O=C(c1sccc1Cl)C1CCNC1. The molecule has 0 radical (unpaired) electrons. The Hall–Kier alpha value is -0.380. The van der Waals surface area contributed by atoms with Gasteiger partial charge in [-0.05, 0) is 24.4 Å². The minimum atomic E-state index is 0.135. The molecule has 1 aliphatic heterocycles. The van der Waals surface area contributed by atoms with E-state index < -0.39 is 0 Å². The monoisotopic (exact) mass is 215 g/mol. The van der Waals surface area contributed by atoms with Gasteiger partial charge < -0.3 is 5.32 Å². The zero-order valence-electron chi connectivity index (χ0n) is 7.05. The van der Waals surface area contributed by atoms with Crippen molar-refractivity contribution in [2.45, 2.75) is 6.42 Å². The predicted octanol–water partition coefficient (Wildman–Crippen LogP) is 2.19. The average molecular weight is 216 g/mol. The molecule has 0 saturated carbocycles. The van der Waals surface area contributed by atoms with Crippen LogP contribution >= 0.6 is 22.9 Å². The van der Waals surface area contributed by atoms with Gasteiger partial charge in [0.05, 0.1) is 9.90 Å². The summed E-state index contributed by atoms with van der Waals surface area (Å²) in [4.78, 5) is 12.5. The fraction of sp³-hybridized carbons (Fsp3) is 0.444. The number of nitrogens with one attached hydrogen (secondary N) is 1. The van der Waals surface area contributed by atoms with Gasteiger partial charge >= 0.3 is 0 Å². The van der Waals surface area contributed by atoms with Crippen LogP contribution in [-0.2, 0) is 0 Å². The zero-order chi connectivity index (χ0) is 9.26. The average Bonchev–Trinajstić information content (AvgIpc) is 2.72. The molecule has 1 aromatic heterocycles. The number of thiophene rings is 1. The summed E-state index contributed by atoms with van der Waals surface area (Å²) in [5.41, 5.74) is 0. The van der Waals surface area contributed by atoms with Gasteiger partial charge in [0.25, 0.3) is 0 Å². The number of ketones is 1. The summed E-state index contributed by atoms with van der Waals surface area (Å²) >= 11 is 7.32. The van der Waals surface area contributed by atoms with E-state index in [1.54, 1.807) is 6.07 Å². The quantitative estimate of drug-likeness (QED) is 0.767. The van der Waals surface area contributed by atoms with Gasteiger partial charge in [0, 0.05) is 12.5 Å². The van der Waals surface area contributed by atoms with Crippen molar-refractivity contribution in [3.8, 4) is 0 Å². The maximum absolute atomic E-state index is 11.8. The highest BCUT2D eigenvalue weighted by Crippen LogP contribution is 2.26. The van der Waals surface area contributed by atoms with Crippen molar-refractivity contribution >= 4 is 28.7 Å². The molecule has 0 spiro atoms. The second-order valence-corrected chi connectivity index (χ2v) is 4.47. The van der Waals surface area contributed by atoms with E-state index in [0.29, 0.717) is 5.02 Å². The fourth-order valence-electron chi connectivity index (χ4n) is 1.53. The van der Waals surface area contributed by atoms with E-state index in [9.17, 15) is 4.79 Å². The zero-order valence-corrected chi connectivity index (χ0v) is 8.62. The Kier molecular flexibility index (Phi) is 2.67. The molecule has 0 bridgehead atoms. The maximum atomic E-state index is 11.8. The first-order valence-electron chi connectivity index (χ1n) is 4.27. The Morgan fingerprint density at radius 2 is 2.54 bits per heavy atom. The van der Waals surface area contributed by atoms with E-state index in [2.05, 4.69) is 5.32 Å². The fourth-order valence-corrected chi connectivity index (χ4v) is 2.70. The van der Waals surface area contributed by atoms with Crippen LogP contribution in [0.25, 0.3) is 0 Å². The topological polar surface area (TPSA) is 29.1 Å². The number of halogens is 1. The van der Waals surface area contributed by atoms with Gasteiger partial charge in [-0.2, -0.15) is 0 Å². The second kappa shape index (κ2) is 3.78. The summed E-state index contributed by atoms with van der Waals surface area (Å²) in [6, 6.07) is 1.78. The summed E-state index contributed by atoms with van der Waals surface area (Å²) in [5.74, 6) is 0.334. The first-order valence-corrected chi connectivity index (χ1v) is 5.52. The highest BCUT2D eigenvalue weighted by Gasteiger charge is 2.25. The van der Waals surface area contributed by atoms with Crippen LogP contribution in [0.3, 0.4) is 0 Å². The van der Waals surface area contributed by atoms with E-state index in [1.807, 2.05) is 5.38 Å². The number of Topliss-reactive ketones (excluding diaryl/α,β-unsaturated/α-hetero) is 1. The van der Waals surface area contributed by atoms with Gasteiger partial charge in [-0.25, -0.2) is 0 Å². The van der Waals surface area contributed by atoms with Crippen molar-refractivity contribution in [1.29, 1.82) is 0 Å². The normalized spacial score (nSPS) is 22.1. The maximum Gasteiger partial charge on any atom is 0.178 e. The molecular weight excluding hydrogens is 206 g/mol. The molecule has 13 heavy (non-hydrogen) atoms. The molecule has 1 aliphatic rings. The van der Waals surface area contributed by atoms with Crippen LogP contribution in [0.2, 0.25) is 5.02 Å². The number of rotatable bonds is 2. The van der Waals surface area contributed by atoms with Crippen molar-refractivity contribution in [3.05, 3.63) is 21.3 Å². The first-order chi connectivity index (χ1) is 6.29. The largest absolute Gasteiger partial charge is 0.316 e. The molecule has 2 nitrogen and oxygen atoms in total. The van der Waals surface area contributed by atoms with Crippen molar-refractivity contribution in [2.24, 2.45) is 5.92 Å². The summed E-state index contributed by atoms with van der Waals surface area (Å²) in [5, 5.41) is 5.63. The molecule has 1 fully saturated rings. The third-order valence-corrected chi connectivity index (χ3v) is 3.63. The molecule has 1 aromatic rings. The number of hydrogen-bond donors (Lipinski definition) is 1. The Labute approximate surface area is 85.9 Å². The molecule has 0 amide bonds. The highest BCUT2D eigenvalue weighted by atomic mass is 35.5. The van der Waals surface area contributed by atoms with Gasteiger partial charge in [0.2, 0.25) is 0 Å². The summed E-state index contributed by atoms with van der Waals surface area (Å²) in [6.07, 6.45) is 0.938. The first kappa shape index (κ1) is 9.19. The Balaban J connectivity index is 2.17. The van der Waals surface area contributed by atoms with E-state index in [-0.39, 0.29) is 11.7 Å². The Morgan fingerprint density at radius 3 is 3.08 bits per heavy atom. The molecule has 1 N–H and O–H groups in total. The lowest BCUT2D eigenvalue weighted by Gasteiger charge is -2.04. The molecule has 2 rings (SSSR count). The van der Waals surface area contributed by atoms with Gasteiger partial charge in [0.1, 0.15) is 0 Å². The van der Waals surface area contributed by atoms with Crippen LogP contribution < -0.4 is 5.32 Å². The van der Waals surface area contributed by atoms with Crippen molar-refractivity contribution < 1.29 is 4.79 Å². The molecule has 2 heterocycles. The van der Waals surface area contributed by atoms with Crippen LogP contribution in [0.1, 0.15) is 16.1 Å². The molecule has 4 heteroatoms. The van der Waals surface area contributed by atoms with Crippen molar-refractivity contribution in [2.75, 3.05) is 13.1 Å². The number of hydrogen-bond acceptors (Lipinski definition) is 3. The van der Waals surface area contributed by atoms with Crippen molar-refractivity contribution in [3.63, 3.8) is 0 Å². The van der Waals surface area contributed by atoms with Gasteiger partial charge in [-0.3, -0.25) is 4.79 Å². The van der Waals surface area contributed by atoms with Crippen LogP contribution in [-0.4, -0.2) is 18.9 Å². The van der Waals surface area contributed by atoms with Crippen molar-refractivity contribution in [1.82, 2.24) is 5.32 Å². The minimum absolute atomic E-state index is 0.135. The molecule has 1 atom stereocenters. The lowest BCUT2D eigenvalue weighted by Crippen LogP contribution is -2.17. The molecule has 0 aliphatic carbocycles. The molecule has 70 valence electrons. The number of carbonyl (C=O) groups is 1. The third kappa shape index (κ3) is 1.77. The van der Waals surface area contributed by atoms with Crippen LogP contribution in [0, 0.1) is 5.92 Å². The molecule has 0 aromatic carbocycles. The predicted molar refractivity (Wildman–Crippen MR) is 54.6 cm³/mol. The van der Waals surface area contributed by atoms with E-state index in [1.165, 1.54) is 11.3 Å². The second-order valence-electron chi connectivity index (χ2n) is 3.15. The lowest BCUT2D eigenvalue weighted by atomic mass is 10.0. The van der Waals surface area contributed by atoms with E-state index in [4.69, 9.17) is 11.6 Å². The van der Waals surface area contributed by atoms with Gasteiger partial charge in [0.15, 0.2) is 5.78 Å². The Bertz CT molecular complexity index is 317. The molecule has 1 unspecified atom stereocenters. The summed E-state index contributed by atoms with van der Waals surface area (Å²) < 4.78 is 0. The van der Waals surface area contributed by atoms with Crippen LogP contribution in [0.15, 0.2) is 11.4 Å².